The molecule has 170 valence electrons. The van der Waals surface area contributed by atoms with Crippen LogP contribution in [0.3, 0.4) is 0 Å². The minimum absolute atomic E-state index is 0.0208. The monoisotopic (exact) mass is 439 g/mol. The molecule has 1 heterocycles. The van der Waals surface area contributed by atoms with Gasteiger partial charge in [-0.1, -0.05) is 66.1 Å². The number of para-hydroxylation sites is 2. The molecule has 0 spiro atoms. The standard InChI is InChI=1S/C29H33N3O/c1-21-10-9-11-24(19-21)20-32-27-13-7-6-12-26(27)31-28(32)14-5-4-8-17-30-29(33)25-16-15-22(2)18-23(25)3/h6-7,9-13,15-16,18-19H,4-5,8,14,17,20H2,1-3H3,(H,30,33). The van der Waals surface area contributed by atoms with E-state index in [-0.39, 0.29) is 5.91 Å². The van der Waals surface area contributed by atoms with Crippen molar-refractivity contribution in [3.63, 3.8) is 0 Å². The maximum atomic E-state index is 12.4. The van der Waals surface area contributed by atoms with Gasteiger partial charge in [0.1, 0.15) is 5.82 Å². The number of hydrogen-bond donors (Lipinski definition) is 1. The molecule has 4 nitrogen and oxygen atoms in total. The Morgan fingerprint density at radius 3 is 2.52 bits per heavy atom. The predicted molar refractivity (Wildman–Crippen MR) is 136 cm³/mol. The summed E-state index contributed by atoms with van der Waals surface area (Å²) in [5.41, 5.74) is 7.80. The Hall–Kier alpha value is -3.40. The van der Waals surface area contributed by atoms with E-state index in [0.717, 1.165) is 54.7 Å². The van der Waals surface area contributed by atoms with Gasteiger partial charge >= 0.3 is 0 Å². The van der Waals surface area contributed by atoms with Gasteiger partial charge in [-0.2, -0.15) is 0 Å². The highest BCUT2D eigenvalue weighted by Gasteiger charge is 2.11. The van der Waals surface area contributed by atoms with Crippen molar-refractivity contribution in [1.29, 1.82) is 0 Å². The molecule has 1 N–H and O–H groups in total. The number of amides is 1. The molecule has 0 radical (unpaired) electrons. The van der Waals surface area contributed by atoms with Gasteiger partial charge in [0.25, 0.3) is 5.91 Å². The zero-order chi connectivity index (χ0) is 23.2. The third kappa shape index (κ3) is 5.70. The number of carbonyl (C=O) groups excluding carboxylic acids is 1. The van der Waals surface area contributed by atoms with E-state index < -0.39 is 0 Å². The number of nitrogens with zero attached hydrogens (tertiary/aromatic N) is 2. The minimum Gasteiger partial charge on any atom is -0.352 e. The van der Waals surface area contributed by atoms with Crippen LogP contribution in [0.4, 0.5) is 0 Å². The van der Waals surface area contributed by atoms with Gasteiger partial charge in [0.05, 0.1) is 11.0 Å². The molecule has 33 heavy (non-hydrogen) atoms. The first-order valence-corrected chi connectivity index (χ1v) is 11.9. The van der Waals surface area contributed by atoms with Crippen molar-refractivity contribution in [3.05, 3.63) is 100 Å². The number of rotatable bonds is 9. The summed E-state index contributed by atoms with van der Waals surface area (Å²) < 4.78 is 2.35. The molecule has 0 aliphatic carbocycles. The van der Waals surface area contributed by atoms with Crippen molar-refractivity contribution in [2.45, 2.75) is 53.0 Å². The molecule has 4 rings (SSSR count). The number of unbranched alkanes of at least 4 members (excludes halogenated alkanes) is 2. The van der Waals surface area contributed by atoms with E-state index in [1.54, 1.807) is 0 Å². The molecule has 1 amide bonds. The number of benzene rings is 3. The van der Waals surface area contributed by atoms with Crippen LogP contribution in [0.25, 0.3) is 11.0 Å². The highest BCUT2D eigenvalue weighted by atomic mass is 16.1. The average Bonchev–Trinajstić information content (AvgIpc) is 3.13. The van der Waals surface area contributed by atoms with Crippen LogP contribution in [-0.4, -0.2) is 22.0 Å². The maximum absolute atomic E-state index is 12.4. The number of fused-ring (bicyclic) bond motifs is 1. The van der Waals surface area contributed by atoms with Crippen LogP contribution in [0, 0.1) is 20.8 Å². The Morgan fingerprint density at radius 1 is 0.879 bits per heavy atom. The fraction of sp³-hybridized carbons (Fsp3) is 0.310. The lowest BCUT2D eigenvalue weighted by Crippen LogP contribution is -2.25. The maximum Gasteiger partial charge on any atom is 0.251 e. The lowest BCUT2D eigenvalue weighted by molar-refractivity contribution is 0.0952. The van der Waals surface area contributed by atoms with Crippen LogP contribution < -0.4 is 5.32 Å². The van der Waals surface area contributed by atoms with E-state index in [1.165, 1.54) is 22.2 Å². The normalized spacial score (nSPS) is 11.1. The molecular weight excluding hydrogens is 406 g/mol. The summed E-state index contributed by atoms with van der Waals surface area (Å²) >= 11 is 0. The summed E-state index contributed by atoms with van der Waals surface area (Å²) in [6.07, 6.45) is 4.01. The number of imidazole rings is 1. The van der Waals surface area contributed by atoms with Crippen molar-refractivity contribution < 1.29 is 4.79 Å². The van der Waals surface area contributed by atoms with Crippen molar-refractivity contribution in [3.8, 4) is 0 Å². The molecule has 0 bridgehead atoms. The summed E-state index contributed by atoms with van der Waals surface area (Å²) in [7, 11) is 0. The molecule has 0 aliphatic heterocycles. The van der Waals surface area contributed by atoms with Gasteiger partial charge in [-0.05, 0) is 62.9 Å². The third-order valence-electron chi connectivity index (χ3n) is 6.15. The van der Waals surface area contributed by atoms with E-state index >= 15 is 0 Å². The zero-order valence-electron chi connectivity index (χ0n) is 19.9. The Bertz CT molecular complexity index is 1250. The molecule has 0 saturated carbocycles. The van der Waals surface area contributed by atoms with E-state index in [4.69, 9.17) is 4.98 Å². The van der Waals surface area contributed by atoms with Gasteiger partial charge in [0.2, 0.25) is 0 Å². The topological polar surface area (TPSA) is 46.9 Å². The summed E-state index contributed by atoms with van der Waals surface area (Å²) in [4.78, 5) is 17.4. The number of nitrogens with one attached hydrogen (secondary N) is 1. The van der Waals surface area contributed by atoms with E-state index in [1.807, 2.05) is 26.0 Å². The van der Waals surface area contributed by atoms with Crippen LogP contribution in [-0.2, 0) is 13.0 Å². The molecule has 0 aliphatic rings. The quantitative estimate of drug-likeness (QED) is 0.318. The van der Waals surface area contributed by atoms with E-state index in [9.17, 15) is 4.79 Å². The van der Waals surface area contributed by atoms with Crippen molar-refractivity contribution in [2.24, 2.45) is 0 Å². The summed E-state index contributed by atoms with van der Waals surface area (Å²) in [5.74, 6) is 1.16. The zero-order valence-corrected chi connectivity index (χ0v) is 19.9. The van der Waals surface area contributed by atoms with Gasteiger partial charge in [-0.3, -0.25) is 4.79 Å². The predicted octanol–water partition coefficient (Wildman–Crippen LogP) is 6.15. The van der Waals surface area contributed by atoms with Crippen LogP contribution in [0.5, 0.6) is 0 Å². The van der Waals surface area contributed by atoms with Gasteiger partial charge in [-0.25, -0.2) is 4.98 Å². The Labute approximate surface area is 196 Å². The first-order chi connectivity index (χ1) is 16.0. The fourth-order valence-corrected chi connectivity index (χ4v) is 4.44. The van der Waals surface area contributed by atoms with Gasteiger partial charge in [-0.15, -0.1) is 0 Å². The molecule has 4 heteroatoms. The molecule has 3 aromatic carbocycles. The molecule has 4 aromatic rings. The number of carbonyl (C=O) groups is 1. The summed E-state index contributed by atoms with van der Waals surface area (Å²) in [6, 6.07) is 23.0. The Balaban J connectivity index is 1.32. The van der Waals surface area contributed by atoms with Gasteiger partial charge in [0.15, 0.2) is 0 Å². The molecule has 0 fully saturated rings. The van der Waals surface area contributed by atoms with Crippen LogP contribution in [0.1, 0.15) is 57.7 Å². The number of hydrogen-bond acceptors (Lipinski definition) is 2. The van der Waals surface area contributed by atoms with Crippen LogP contribution >= 0.6 is 0 Å². The van der Waals surface area contributed by atoms with Crippen molar-refractivity contribution in [1.82, 2.24) is 14.9 Å². The lowest BCUT2D eigenvalue weighted by Gasteiger charge is -2.11. The second kappa shape index (κ2) is 10.5. The smallest absolute Gasteiger partial charge is 0.251 e. The summed E-state index contributed by atoms with van der Waals surface area (Å²) in [5, 5.41) is 3.07. The highest BCUT2D eigenvalue weighted by molar-refractivity contribution is 5.95. The van der Waals surface area contributed by atoms with Crippen LogP contribution in [0.15, 0.2) is 66.7 Å². The fourth-order valence-electron chi connectivity index (χ4n) is 4.44. The highest BCUT2D eigenvalue weighted by Crippen LogP contribution is 2.20. The van der Waals surface area contributed by atoms with Crippen LogP contribution in [0.2, 0.25) is 0 Å². The first-order valence-electron chi connectivity index (χ1n) is 11.9. The largest absolute Gasteiger partial charge is 0.352 e. The third-order valence-corrected chi connectivity index (χ3v) is 6.15. The minimum atomic E-state index is 0.0208. The van der Waals surface area contributed by atoms with Gasteiger partial charge < -0.3 is 9.88 Å². The summed E-state index contributed by atoms with van der Waals surface area (Å²) in [6.45, 7) is 7.71. The molecule has 0 unspecified atom stereocenters. The van der Waals surface area contributed by atoms with Crippen molar-refractivity contribution >= 4 is 16.9 Å². The second-order valence-electron chi connectivity index (χ2n) is 8.98. The average molecular weight is 440 g/mol. The second-order valence-corrected chi connectivity index (χ2v) is 8.98. The Morgan fingerprint density at radius 2 is 1.70 bits per heavy atom. The number of aryl methyl sites for hydroxylation is 4. The van der Waals surface area contributed by atoms with E-state index in [0.29, 0.717) is 6.54 Å². The first kappa shape index (κ1) is 22.8. The Kier molecular flexibility index (Phi) is 7.23. The molecule has 0 saturated heterocycles. The van der Waals surface area contributed by atoms with E-state index in [2.05, 4.69) is 71.4 Å². The van der Waals surface area contributed by atoms with Gasteiger partial charge in [0, 0.05) is 25.1 Å². The molecule has 0 atom stereocenters. The molecule has 1 aromatic heterocycles. The number of aromatic nitrogens is 2. The molecular formula is C29H33N3O. The SMILES string of the molecule is Cc1cccc(Cn2c(CCCCCNC(=O)c3ccc(C)cc3C)nc3ccccc32)c1. The van der Waals surface area contributed by atoms with Crippen molar-refractivity contribution in [2.75, 3.05) is 6.54 Å². The lowest BCUT2D eigenvalue weighted by atomic mass is 10.1.